The first-order valence-corrected chi connectivity index (χ1v) is 9.55. The molecule has 0 heterocycles. The number of hydrogen-bond acceptors (Lipinski definition) is 0. The van der Waals surface area contributed by atoms with Crippen LogP contribution in [0.3, 0.4) is 0 Å². The number of rotatable bonds is 11. The molecule has 0 aliphatic rings. The van der Waals surface area contributed by atoms with Crippen LogP contribution in [0, 0.1) is 0 Å². The highest BCUT2D eigenvalue weighted by atomic mass is 14.0. The van der Waals surface area contributed by atoms with Gasteiger partial charge in [-0.15, -0.1) is 0 Å². The number of benzene rings is 2. The Bertz CT molecular complexity index is 579. The molecule has 0 aliphatic carbocycles. The molecular formula is C23H32. The normalized spacial score (nSPS) is 11.5. The first kappa shape index (κ1) is 17.8. The molecule has 0 amide bonds. The third-order valence-corrected chi connectivity index (χ3v) is 4.56. The molecule has 0 aromatic heterocycles. The fourth-order valence-electron chi connectivity index (χ4n) is 3.10. The number of hydrogen-bond donors (Lipinski definition) is 0. The molecule has 23 heavy (non-hydrogen) atoms. The smallest absolute Gasteiger partial charge is 0.0178 e. The number of fused-ring (bicyclic) bond motifs is 1. The lowest BCUT2D eigenvalue weighted by molar-refractivity contribution is 0.566. The summed E-state index contributed by atoms with van der Waals surface area (Å²) in [5.74, 6) is 0. The van der Waals surface area contributed by atoms with Crippen LogP contribution >= 0.6 is 0 Å². The molecule has 0 saturated carbocycles. The third-order valence-electron chi connectivity index (χ3n) is 4.56. The molecule has 0 unspecified atom stereocenters. The van der Waals surface area contributed by atoms with E-state index in [-0.39, 0.29) is 0 Å². The van der Waals surface area contributed by atoms with E-state index in [1.165, 1.54) is 80.5 Å². The lowest BCUT2D eigenvalue weighted by Gasteiger charge is -2.01. The number of allylic oxidation sites excluding steroid dienone is 1. The Labute approximate surface area is 142 Å². The predicted octanol–water partition coefficient (Wildman–Crippen LogP) is 7.77. The van der Waals surface area contributed by atoms with E-state index in [2.05, 4.69) is 61.5 Å². The largest absolute Gasteiger partial charge is 0.0839 e. The molecule has 2 aromatic rings. The Morgan fingerprint density at radius 2 is 1.35 bits per heavy atom. The maximum atomic E-state index is 2.34. The Morgan fingerprint density at radius 3 is 2.09 bits per heavy atom. The summed E-state index contributed by atoms with van der Waals surface area (Å²) in [5.41, 5.74) is 1.32. The zero-order valence-corrected chi connectivity index (χ0v) is 14.8. The second-order valence-corrected chi connectivity index (χ2v) is 6.63. The van der Waals surface area contributed by atoms with Crippen molar-refractivity contribution in [2.45, 2.75) is 71.1 Å². The lowest BCUT2D eigenvalue weighted by atomic mass is 10.1. The summed E-state index contributed by atoms with van der Waals surface area (Å²) in [4.78, 5) is 0. The minimum atomic E-state index is 1.21. The minimum absolute atomic E-state index is 1.21. The molecule has 0 saturated heterocycles. The van der Waals surface area contributed by atoms with Gasteiger partial charge < -0.3 is 0 Å². The van der Waals surface area contributed by atoms with E-state index < -0.39 is 0 Å². The summed E-state index contributed by atoms with van der Waals surface area (Å²) in [6, 6.07) is 15.3. The molecule has 124 valence electrons. The van der Waals surface area contributed by atoms with Crippen LogP contribution in [0.25, 0.3) is 16.8 Å². The van der Waals surface area contributed by atoms with Crippen LogP contribution in [-0.2, 0) is 0 Å². The van der Waals surface area contributed by atoms with E-state index in [0.717, 1.165) is 0 Å². The van der Waals surface area contributed by atoms with Crippen LogP contribution in [0.15, 0.2) is 48.5 Å². The molecule has 0 bridgehead atoms. The topological polar surface area (TPSA) is 0 Å². The monoisotopic (exact) mass is 308 g/mol. The molecule has 0 atom stereocenters. The van der Waals surface area contributed by atoms with E-state index in [1.54, 1.807) is 0 Å². The molecule has 0 spiro atoms. The van der Waals surface area contributed by atoms with E-state index in [0.29, 0.717) is 0 Å². The van der Waals surface area contributed by atoms with Crippen molar-refractivity contribution in [3.8, 4) is 0 Å². The maximum absolute atomic E-state index is 2.34. The number of unbranched alkanes of at least 4 members (excludes halogenated alkanes) is 9. The quantitative estimate of drug-likeness (QED) is 0.372. The van der Waals surface area contributed by atoms with Gasteiger partial charge in [-0.2, -0.15) is 0 Å². The fraction of sp³-hybridized carbons (Fsp3) is 0.478. The van der Waals surface area contributed by atoms with Gasteiger partial charge in [-0.3, -0.25) is 0 Å². The highest BCUT2D eigenvalue weighted by Crippen LogP contribution is 2.17. The third kappa shape index (κ3) is 7.03. The molecule has 0 N–H and O–H groups in total. The second kappa shape index (κ2) is 11.0. The van der Waals surface area contributed by atoms with Crippen LogP contribution in [-0.4, -0.2) is 0 Å². The van der Waals surface area contributed by atoms with Gasteiger partial charge in [0.25, 0.3) is 0 Å². The van der Waals surface area contributed by atoms with E-state index in [4.69, 9.17) is 0 Å². The van der Waals surface area contributed by atoms with Gasteiger partial charge in [-0.25, -0.2) is 0 Å². The van der Waals surface area contributed by atoms with Gasteiger partial charge in [0, 0.05) is 0 Å². The standard InChI is InChI=1S/C23H32/c1-2-3-4-5-6-7-8-9-10-11-12-15-21-18-19-22-16-13-14-17-23(22)20-21/h12-20H,2-11H2,1H3/b15-12+. The Kier molecular flexibility index (Phi) is 8.55. The van der Waals surface area contributed by atoms with Crippen molar-refractivity contribution in [2.75, 3.05) is 0 Å². The zero-order chi connectivity index (χ0) is 16.2. The molecule has 2 rings (SSSR count). The van der Waals surface area contributed by atoms with Crippen molar-refractivity contribution in [3.05, 3.63) is 54.1 Å². The predicted molar refractivity (Wildman–Crippen MR) is 105 cm³/mol. The molecule has 2 aromatic carbocycles. The summed E-state index contributed by atoms with van der Waals surface area (Å²) >= 11 is 0. The summed E-state index contributed by atoms with van der Waals surface area (Å²) < 4.78 is 0. The summed E-state index contributed by atoms with van der Waals surface area (Å²) in [7, 11) is 0. The minimum Gasteiger partial charge on any atom is -0.0839 e. The second-order valence-electron chi connectivity index (χ2n) is 6.63. The first-order valence-electron chi connectivity index (χ1n) is 9.55. The average Bonchev–Trinajstić information content (AvgIpc) is 2.59. The highest BCUT2D eigenvalue weighted by Gasteiger charge is 1.93. The Balaban J connectivity index is 1.57. The van der Waals surface area contributed by atoms with Crippen molar-refractivity contribution in [2.24, 2.45) is 0 Å². The molecule has 0 heteroatoms. The van der Waals surface area contributed by atoms with Gasteiger partial charge in [0.15, 0.2) is 0 Å². The van der Waals surface area contributed by atoms with Gasteiger partial charge in [-0.1, -0.05) is 107 Å². The van der Waals surface area contributed by atoms with Gasteiger partial charge in [0.05, 0.1) is 0 Å². The summed E-state index contributed by atoms with van der Waals surface area (Å²) in [6.45, 7) is 2.28. The lowest BCUT2D eigenvalue weighted by Crippen LogP contribution is -1.80. The molecule has 0 fully saturated rings. The van der Waals surface area contributed by atoms with Crippen molar-refractivity contribution in [1.29, 1.82) is 0 Å². The molecule has 0 aliphatic heterocycles. The van der Waals surface area contributed by atoms with Crippen molar-refractivity contribution in [1.82, 2.24) is 0 Å². The summed E-state index contributed by atoms with van der Waals surface area (Å²) in [5, 5.41) is 2.65. The fourth-order valence-corrected chi connectivity index (χ4v) is 3.10. The van der Waals surface area contributed by atoms with Crippen molar-refractivity contribution in [3.63, 3.8) is 0 Å². The Hall–Kier alpha value is -1.56. The van der Waals surface area contributed by atoms with E-state index in [9.17, 15) is 0 Å². The van der Waals surface area contributed by atoms with Crippen molar-refractivity contribution < 1.29 is 0 Å². The molecule has 0 radical (unpaired) electrons. The Morgan fingerprint density at radius 1 is 0.696 bits per heavy atom. The van der Waals surface area contributed by atoms with Crippen LogP contribution < -0.4 is 0 Å². The highest BCUT2D eigenvalue weighted by molar-refractivity contribution is 5.84. The van der Waals surface area contributed by atoms with Gasteiger partial charge >= 0.3 is 0 Å². The van der Waals surface area contributed by atoms with Gasteiger partial charge in [0.2, 0.25) is 0 Å². The van der Waals surface area contributed by atoms with Crippen LogP contribution in [0.2, 0.25) is 0 Å². The van der Waals surface area contributed by atoms with Gasteiger partial charge in [-0.05, 0) is 35.2 Å². The maximum Gasteiger partial charge on any atom is -0.0178 e. The van der Waals surface area contributed by atoms with Crippen LogP contribution in [0.5, 0.6) is 0 Å². The first-order chi connectivity index (χ1) is 11.4. The molecule has 0 nitrogen and oxygen atoms in total. The van der Waals surface area contributed by atoms with E-state index >= 15 is 0 Å². The van der Waals surface area contributed by atoms with Crippen LogP contribution in [0.1, 0.15) is 76.7 Å². The van der Waals surface area contributed by atoms with Crippen molar-refractivity contribution >= 4 is 16.8 Å². The van der Waals surface area contributed by atoms with Crippen LogP contribution in [0.4, 0.5) is 0 Å². The molecular weight excluding hydrogens is 276 g/mol. The van der Waals surface area contributed by atoms with Gasteiger partial charge in [0.1, 0.15) is 0 Å². The van der Waals surface area contributed by atoms with E-state index in [1.807, 2.05) is 0 Å². The summed E-state index contributed by atoms with van der Waals surface area (Å²) in [6.07, 6.45) is 18.5. The SMILES string of the molecule is CCCCCCCCCCC/C=C/c1ccc2ccccc2c1. The zero-order valence-electron chi connectivity index (χ0n) is 14.8. The average molecular weight is 309 g/mol.